The summed E-state index contributed by atoms with van der Waals surface area (Å²) in [6.07, 6.45) is -4.01. The molecule has 8 N–H and O–H groups in total. The van der Waals surface area contributed by atoms with Gasteiger partial charge < -0.3 is 40.7 Å². The molecule has 2 aliphatic rings. The van der Waals surface area contributed by atoms with Crippen LogP contribution in [0.15, 0.2) is 19.0 Å². The zero-order chi connectivity index (χ0) is 31.4. The molecule has 44 heavy (non-hydrogen) atoms. The third kappa shape index (κ3) is 6.22. The molecular weight excluding hydrogens is 637 g/mol. The second-order valence-electron chi connectivity index (χ2n) is 9.75. The Bertz CT molecular complexity index is 1790. The Labute approximate surface area is 244 Å². The van der Waals surface area contributed by atoms with Gasteiger partial charge in [-0.1, -0.05) is 0 Å². The fraction of sp³-hybridized carbons (Fsp3) is 0.500. The number of anilines is 2. The second kappa shape index (κ2) is 11.5. The topological polar surface area (TPSA) is 300 Å². The molecule has 0 radical (unpaired) electrons. The molecule has 0 amide bonds. The summed E-state index contributed by atoms with van der Waals surface area (Å²) in [7, 11) is -9.93. The lowest BCUT2D eigenvalue weighted by Crippen LogP contribution is -2.29. The van der Waals surface area contributed by atoms with Gasteiger partial charge in [-0.25, -0.2) is 33.5 Å². The maximum Gasteiger partial charge on any atom is 0.472 e. The molecule has 238 valence electrons. The predicted molar refractivity (Wildman–Crippen MR) is 142 cm³/mol. The monoisotopic (exact) mass is 662 g/mol. The van der Waals surface area contributed by atoms with Crippen molar-refractivity contribution in [2.24, 2.45) is 0 Å². The average Bonchev–Trinajstić information content (AvgIpc) is 3.71. The van der Waals surface area contributed by atoms with Crippen molar-refractivity contribution in [2.45, 2.75) is 49.8 Å². The third-order valence-electron chi connectivity index (χ3n) is 6.85. The van der Waals surface area contributed by atoms with Gasteiger partial charge in [-0.05, 0) is 0 Å². The van der Waals surface area contributed by atoms with E-state index in [1.807, 2.05) is 0 Å². The molecule has 0 bridgehead atoms. The lowest BCUT2D eigenvalue weighted by Gasteiger charge is -2.22. The normalized spacial score (nSPS) is 27.4. The summed E-state index contributed by atoms with van der Waals surface area (Å²) in [5, 5.41) is 10.0. The molecule has 21 nitrogen and oxygen atoms in total. The van der Waals surface area contributed by atoms with E-state index in [0.717, 1.165) is 0 Å². The van der Waals surface area contributed by atoms with Crippen LogP contribution in [0.3, 0.4) is 0 Å². The van der Waals surface area contributed by atoms with E-state index in [4.69, 9.17) is 39.8 Å². The van der Waals surface area contributed by atoms with Crippen molar-refractivity contribution in [1.29, 1.82) is 0 Å². The molecule has 2 saturated heterocycles. The average molecular weight is 662 g/mol. The van der Waals surface area contributed by atoms with Gasteiger partial charge in [0.15, 0.2) is 22.6 Å². The molecule has 2 fully saturated rings. The van der Waals surface area contributed by atoms with Gasteiger partial charge in [-0.3, -0.25) is 22.7 Å². The lowest BCUT2D eigenvalue weighted by atomic mass is 10.2. The van der Waals surface area contributed by atoms with Crippen LogP contribution in [0.25, 0.3) is 22.3 Å². The van der Waals surface area contributed by atoms with Crippen molar-refractivity contribution in [3.8, 4) is 5.88 Å². The molecule has 6 rings (SSSR count). The highest BCUT2D eigenvalue weighted by atomic mass is 31.2. The van der Waals surface area contributed by atoms with Gasteiger partial charge in [-0.15, -0.1) is 0 Å². The smallest absolute Gasteiger partial charge is 0.472 e. The van der Waals surface area contributed by atoms with E-state index in [1.165, 1.54) is 28.1 Å². The zero-order valence-electron chi connectivity index (χ0n) is 22.2. The van der Waals surface area contributed by atoms with Crippen molar-refractivity contribution >= 4 is 49.7 Å². The van der Waals surface area contributed by atoms with E-state index >= 15 is 0 Å². The van der Waals surface area contributed by atoms with Crippen molar-refractivity contribution in [3.05, 3.63) is 19.0 Å². The number of fused-ring (bicyclic) bond motifs is 2. The van der Waals surface area contributed by atoms with Crippen molar-refractivity contribution < 1.29 is 56.4 Å². The van der Waals surface area contributed by atoms with Gasteiger partial charge in [-0.2, -0.15) is 9.97 Å². The SMILES string of the molecule is Nc1nc(O)c2ncn([C@H]3C[C@H](OP(=O)(O)OC[C@H]4O[C@@H](n5cnc6c(N)ncnc65)C[C@H]4F)[C@@H](COP(=O)(O)O)O3)c2n1. The van der Waals surface area contributed by atoms with Crippen LogP contribution >= 0.6 is 15.6 Å². The molecule has 0 spiro atoms. The molecule has 7 atom stereocenters. The van der Waals surface area contributed by atoms with E-state index < -0.39 is 71.7 Å². The Morgan fingerprint density at radius 3 is 2.32 bits per heavy atom. The van der Waals surface area contributed by atoms with Gasteiger partial charge in [0.25, 0.3) is 0 Å². The van der Waals surface area contributed by atoms with Crippen molar-refractivity contribution in [3.63, 3.8) is 0 Å². The molecule has 4 aromatic heterocycles. The van der Waals surface area contributed by atoms with Crippen LogP contribution in [-0.2, 0) is 32.2 Å². The second-order valence-corrected chi connectivity index (χ2v) is 12.4. The first kappa shape index (κ1) is 30.6. The molecule has 1 unspecified atom stereocenters. The number of halogens is 1. The van der Waals surface area contributed by atoms with Crippen molar-refractivity contribution in [1.82, 2.24) is 39.0 Å². The molecule has 24 heteroatoms. The summed E-state index contributed by atoms with van der Waals surface area (Å²) in [6, 6.07) is 0. The fourth-order valence-electron chi connectivity index (χ4n) is 4.89. The van der Waals surface area contributed by atoms with Crippen molar-refractivity contribution in [2.75, 3.05) is 24.7 Å². The minimum atomic E-state index is -4.97. The van der Waals surface area contributed by atoms with Crippen LogP contribution in [0.4, 0.5) is 16.2 Å². The number of phosphoric ester groups is 2. The van der Waals surface area contributed by atoms with E-state index in [2.05, 4.69) is 34.4 Å². The summed E-state index contributed by atoms with van der Waals surface area (Å²) in [5.41, 5.74) is 12.0. The zero-order valence-corrected chi connectivity index (χ0v) is 24.0. The Hall–Kier alpha value is -3.43. The highest BCUT2D eigenvalue weighted by molar-refractivity contribution is 7.47. The number of hydrogen-bond acceptors (Lipinski definition) is 16. The number of imidazole rings is 2. The quantitative estimate of drug-likeness (QED) is 0.122. The number of hydrogen-bond donors (Lipinski definition) is 6. The first-order chi connectivity index (χ1) is 20.8. The molecule has 0 aliphatic carbocycles. The molecular formula is C20H25FN10O11P2. The van der Waals surface area contributed by atoms with Gasteiger partial charge in [0, 0.05) is 12.8 Å². The van der Waals surface area contributed by atoms with Crippen LogP contribution in [0, 0.1) is 0 Å². The molecule has 0 aromatic carbocycles. The lowest BCUT2D eigenvalue weighted by molar-refractivity contribution is -0.0505. The number of nitrogens with zero attached hydrogens (tertiary/aromatic N) is 8. The summed E-state index contributed by atoms with van der Waals surface area (Å²) < 4.78 is 68.3. The van der Waals surface area contributed by atoms with Gasteiger partial charge in [0.2, 0.25) is 11.8 Å². The van der Waals surface area contributed by atoms with E-state index in [0.29, 0.717) is 11.2 Å². The molecule has 0 saturated carbocycles. The molecule has 6 heterocycles. The number of ether oxygens (including phenoxy) is 2. The number of nitrogen functional groups attached to an aromatic ring is 2. The molecule has 2 aliphatic heterocycles. The Morgan fingerprint density at radius 1 is 0.909 bits per heavy atom. The minimum Gasteiger partial charge on any atom is -0.492 e. The first-order valence-electron chi connectivity index (χ1n) is 12.7. The summed E-state index contributed by atoms with van der Waals surface area (Å²) >= 11 is 0. The van der Waals surface area contributed by atoms with E-state index in [1.54, 1.807) is 0 Å². The maximum atomic E-state index is 14.9. The van der Waals surface area contributed by atoms with Gasteiger partial charge >= 0.3 is 15.6 Å². The van der Waals surface area contributed by atoms with Crippen LogP contribution in [0.1, 0.15) is 25.3 Å². The summed E-state index contributed by atoms with van der Waals surface area (Å²) in [6.45, 7) is -1.45. The first-order valence-corrected chi connectivity index (χ1v) is 15.7. The number of aromatic nitrogens is 8. The number of rotatable bonds is 10. The van der Waals surface area contributed by atoms with Gasteiger partial charge in [0.1, 0.15) is 48.8 Å². The van der Waals surface area contributed by atoms with Crippen LogP contribution in [0.5, 0.6) is 5.88 Å². The van der Waals surface area contributed by atoms with Crippen LogP contribution < -0.4 is 11.5 Å². The predicted octanol–water partition coefficient (Wildman–Crippen LogP) is 0.0608. The number of phosphoric acid groups is 2. The van der Waals surface area contributed by atoms with E-state index in [9.17, 15) is 23.5 Å². The highest BCUT2D eigenvalue weighted by Crippen LogP contribution is 2.50. The number of alkyl halides is 1. The van der Waals surface area contributed by atoms with E-state index in [-0.39, 0.29) is 35.8 Å². The summed E-state index contributed by atoms with van der Waals surface area (Å²) in [4.78, 5) is 52.5. The number of aromatic hydroxyl groups is 1. The Balaban J connectivity index is 1.14. The van der Waals surface area contributed by atoms with Gasteiger partial charge in [0.05, 0.1) is 25.9 Å². The Kier molecular flexibility index (Phi) is 7.99. The van der Waals surface area contributed by atoms with Crippen LogP contribution in [0.2, 0.25) is 0 Å². The minimum absolute atomic E-state index is 0.0263. The highest BCUT2D eigenvalue weighted by Gasteiger charge is 2.45. The molecule has 4 aromatic rings. The standard InChI is InChI=1S/C20H25FN10O11P2/c21-8-1-12(30-6-26-14-16(22)24-5-25-17(14)30)40-10(8)3-39-44(36,37)42-9-2-13(41-11(9)4-38-43(33,34)35)31-7-27-15-18(31)28-20(23)29-19(15)32/h5-13H,1-4H2,(H,36,37)(H2,22,24,25)(H2,33,34,35)(H3,23,28,29,32)/t8-,9+,10-,11-,12-,13-/m1/s1. The summed E-state index contributed by atoms with van der Waals surface area (Å²) in [5.74, 6) is -0.660. The number of nitrogens with two attached hydrogens (primary N) is 2. The maximum absolute atomic E-state index is 14.9. The largest absolute Gasteiger partial charge is 0.492 e. The fourth-order valence-corrected chi connectivity index (χ4v) is 6.19. The Morgan fingerprint density at radius 2 is 1.57 bits per heavy atom. The third-order valence-corrected chi connectivity index (χ3v) is 8.35. The van der Waals surface area contributed by atoms with Crippen LogP contribution in [-0.4, -0.2) is 96.5 Å².